The fourth-order valence-corrected chi connectivity index (χ4v) is 4.59. The molecule has 3 atom stereocenters. The summed E-state index contributed by atoms with van der Waals surface area (Å²) in [7, 11) is 0. The van der Waals surface area contributed by atoms with E-state index in [9.17, 15) is 4.79 Å². The van der Waals surface area contributed by atoms with Crippen LogP contribution in [0.4, 0.5) is 0 Å². The van der Waals surface area contributed by atoms with E-state index in [0.717, 1.165) is 37.5 Å². The van der Waals surface area contributed by atoms with Gasteiger partial charge >= 0.3 is 0 Å². The minimum Gasteiger partial charge on any atom is -0.333 e. The molecule has 0 spiro atoms. The summed E-state index contributed by atoms with van der Waals surface area (Å²) in [5.74, 6) is 1.46. The van der Waals surface area contributed by atoms with Crippen LogP contribution in [0.2, 0.25) is 0 Å². The predicted octanol–water partition coefficient (Wildman–Crippen LogP) is 3.22. The summed E-state index contributed by atoms with van der Waals surface area (Å²) in [4.78, 5) is 19.4. The molecule has 2 aliphatic rings. The van der Waals surface area contributed by atoms with Crippen molar-refractivity contribution in [2.75, 3.05) is 19.6 Å². The molecule has 0 bridgehead atoms. The number of carbonyl (C=O) groups excluding carboxylic acids is 1. The van der Waals surface area contributed by atoms with E-state index in [4.69, 9.17) is 0 Å². The topological polar surface area (TPSA) is 45.2 Å². The number of hydrogen-bond acceptors (Lipinski definition) is 4. The van der Waals surface area contributed by atoms with Crippen molar-refractivity contribution in [3.63, 3.8) is 0 Å². The van der Waals surface area contributed by atoms with Gasteiger partial charge in [-0.2, -0.15) is 0 Å². The van der Waals surface area contributed by atoms with Gasteiger partial charge < -0.3 is 10.2 Å². The Morgan fingerprint density at radius 3 is 3.09 bits per heavy atom. The van der Waals surface area contributed by atoms with Crippen molar-refractivity contribution in [3.8, 4) is 0 Å². The van der Waals surface area contributed by atoms with Gasteiger partial charge in [0.05, 0.1) is 6.04 Å². The molecule has 22 heavy (non-hydrogen) atoms. The van der Waals surface area contributed by atoms with Crippen LogP contribution >= 0.6 is 11.3 Å². The number of nitrogens with zero attached hydrogens (tertiary/aromatic N) is 2. The minimum absolute atomic E-state index is 0.220. The molecule has 122 valence electrons. The lowest BCUT2D eigenvalue weighted by molar-refractivity contribution is -0.136. The molecule has 3 heterocycles. The second-order valence-electron chi connectivity index (χ2n) is 6.76. The third kappa shape index (κ3) is 3.69. The molecule has 2 fully saturated rings. The standard InChI is InChI=1S/C17H27N3OS/c1-13(14-5-4-7-18-12-14)11-16(21)20-9-3-2-6-15(20)17-19-8-10-22-17/h8,10,13-15,18H,2-7,9,11-12H2,1H3. The molecule has 0 aromatic carbocycles. The van der Waals surface area contributed by atoms with Crippen LogP contribution in [0.25, 0.3) is 0 Å². The SMILES string of the molecule is CC(CC(=O)N1CCCCC1c1nccs1)C1CCCNC1. The van der Waals surface area contributed by atoms with E-state index < -0.39 is 0 Å². The Bertz CT molecular complexity index is 470. The Labute approximate surface area is 137 Å². The fourth-order valence-electron chi connectivity index (χ4n) is 3.81. The molecule has 1 N–H and O–H groups in total. The third-order valence-corrected chi connectivity index (χ3v) is 6.07. The van der Waals surface area contributed by atoms with Gasteiger partial charge in [0.2, 0.25) is 5.91 Å². The molecule has 1 aromatic heterocycles. The van der Waals surface area contributed by atoms with E-state index in [-0.39, 0.29) is 6.04 Å². The first-order valence-electron chi connectivity index (χ1n) is 8.65. The van der Waals surface area contributed by atoms with Crippen LogP contribution < -0.4 is 5.32 Å². The van der Waals surface area contributed by atoms with Crippen LogP contribution in [-0.4, -0.2) is 35.4 Å². The number of amides is 1. The highest BCUT2D eigenvalue weighted by molar-refractivity contribution is 7.09. The first-order chi connectivity index (χ1) is 10.8. The number of nitrogens with one attached hydrogen (secondary N) is 1. The quantitative estimate of drug-likeness (QED) is 0.926. The fraction of sp³-hybridized carbons (Fsp3) is 0.765. The van der Waals surface area contributed by atoms with Gasteiger partial charge in [-0.15, -0.1) is 11.3 Å². The molecule has 5 heteroatoms. The van der Waals surface area contributed by atoms with Crippen molar-refractivity contribution in [2.24, 2.45) is 11.8 Å². The van der Waals surface area contributed by atoms with Gasteiger partial charge in [-0.1, -0.05) is 6.92 Å². The van der Waals surface area contributed by atoms with Gasteiger partial charge in [-0.3, -0.25) is 4.79 Å². The van der Waals surface area contributed by atoms with Crippen LogP contribution in [0.1, 0.15) is 56.5 Å². The van der Waals surface area contributed by atoms with Crippen LogP contribution in [-0.2, 0) is 4.79 Å². The lowest BCUT2D eigenvalue weighted by atomic mass is 9.85. The second kappa shape index (κ2) is 7.55. The van der Waals surface area contributed by atoms with E-state index in [1.54, 1.807) is 11.3 Å². The normalized spacial score (nSPS) is 27.6. The number of piperidine rings is 2. The first kappa shape index (κ1) is 15.9. The van der Waals surface area contributed by atoms with Gasteiger partial charge in [-0.25, -0.2) is 4.98 Å². The van der Waals surface area contributed by atoms with Gasteiger partial charge in [-0.05, 0) is 57.0 Å². The second-order valence-corrected chi connectivity index (χ2v) is 7.68. The zero-order chi connectivity index (χ0) is 15.4. The highest BCUT2D eigenvalue weighted by atomic mass is 32.1. The molecule has 2 saturated heterocycles. The van der Waals surface area contributed by atoms with Crippen LogP contribution in [0.3, 0.4) is 0 Å². The number of hydrogen-bond donors (Lipinski definition) is 1. The third-order valence-electron chi connectivity index (χ3n) is 5.20. The van der Waals surface area contributed by atoms with Crippen molar-refractivity contribution in [2.45, 2.75) is 51.5 Å². The smallest absolute Gasteiger partial charge is 0.223 e. The van der Waals surface area contributed by atoms with Crippen LogP contribution in [0.5, 0.6) is 0 Å². The van der Waals surface area contributed by atoms with Crippen molar-refractivity contribution >= 4 is 17.2 Å². The Hall–Kier alpha value is -0.940. The molecule has 3 unspecified atom stereocenters. The van der Waals surface area contributed by atoms with Crippen LogP contribution in [0, 0.1) is 11.8 Å². The zero-order valence-corrected chi connectivity index (χ0v) is 14.3. The van der Waals surface area contributed by atoms with E-state index in [0.29, 0.717) is 24.2 Å². The van der Waals surface area contributed by atoms with E-state index in [2.05, 4.69) is 22.1 Å². The highest BCUT2D eigenvalue weighted by Crippen LogP contribution is 2.33. The molecule has 2 aliphatic heterocycles. The average molecular weight is 321 g/mol. The van der Waals surface area contributed by atoms with Gasteiger partial charge in [0.15, 0.2) is 0 Å². The molecule has 4 nitrogen and oxygen atoms in total. The molecule has 0 radical (unpaired) electrons. The number of thiazole rings is 1. The summed E-state index contributed by atoms with van der Waals surface area (Å²) in [6.07, 6.45) is 8.45. The monoisotopic (exact) mass is 321 g/mol. The van der Waals surface area contributed by atoms with Gasteiger partial charge in [0, 0.05) is 24.5 Å². The maximum Gasteiger partial charge on any atom is 0.223 e. The Morgan fingerprint density at radius 1 is 1.45 bits per heavy atom. The Kier molecular flexibility index (Phi) is 5.47. The molecule has 0 aliphatic carbocycles. The van der Waals surface area contributed by atoms with Crippen LogP contribution in [0.15, 0.2) is 11.6 Å². The van der Waals surface area contributed by atoms with Crippen molar-refractivity contribution in [3.05, 3.63) is 16.6 Å². The van der Waals surface area contributed by atoms with E-state index in [1.165, 1.54) is 19.3 Å². The predicted molar refractivity (Wildman–Crippen MR) is 89.8 cm³/mol. The summed E-state index contributed by atoms with van der Waals surface area (Å²) in [5, 5.41) is 6.59. The summed E-state index contributed by atoms with van der Waals surface area (Å²) in [6, 6.07) is 0.220. The maximum absolute atomic E-state index is 12.8. The molecular formula is C17H27N3OS. The highest BCUT2D eigenvalue weighted by Gasteiger charge is 2.31. The number of aromatic nitrogens is 1. The molecular weight excluding hydrogens is 294 g/mol. The number of rotatable bonds is 4. The average Bonchev–Trinajstić information content (AvgIpc) is 3.10. The van der Waals surface area contributed by atoms with Crippen molar-refractivity contribution < 1.29 is 4.79 Å². The number of carbonyl (C=O) groups is 1. The Balaban J connectivity index is 1.61. The summed E-state index contributed by atoms with van der Waals surface area (Å²) in [5.41, 5.74) is 0. The van der Waals surface area contributed by atoms with Gasteiger partial charge in [0.1, 0.15) is 5.01 Å². The van der Waals surface area contributed by atoms with Crippen molar-refractivity contribution in [1.82, 2.24) is 15.2 Å². The van der Waals surface area contributed by atoms with E-state index in [1.807, 2.05) is 11.6 Å². The zero-order valence-electron chi connectivity index (χ0n) is 13.5. The van der Waals surface area contributed by atoms with E-state index >= 15 is 0 Å². The molecule has 1 aromatic rings. The first-order valence-corrected chi connectivity index (χ1v) is 9.53. The van der Waals surface area contributed by atoms with Crippen molar-refractivity contribution in [1.29, 1.82) is 0 Å². The molecule has 3 rings (SSSR count). The largest absolute Gasteiger partial charge is 0.333 e. The van der Waals surface area contributed by atoms with Gasteiger partial charge in [0.25, 0.3) is 0 Å². The molecule has 0 saturated carbocycles. The lowest BCUT2D eigenvalue weighted by Crippen LogP contribution is -2.41. The summed E-state index contributed by atoms with van der Waals surface area (Å²) in [6.45, 7) is 5.36. The Morgan fingerprint density at radius 2 is 2.36 bits per heavy atom. The number of likely N-dealkylation sites (tertiary alicyclic amines) is 1. The summed E-state index contributed by atoms with van der Waals surface area (Å²) >= 11 is 1.68. The molecule has 1 amide bonds. The minimum atomic E-state index is 0.220. The summed E-state index contributed by atoms with van der Waals surface area (Å²) < 4.78 is 0. The maximum atomic E-state index is 12.8. The lowest BCUT2D eigenvalue weighted by Gasteiger charge is -2.36.